The Morgan fingerprint density at radius 1 is 0.882 bits per heavy atom. The van der Waals surface area contributed by atoms with E-state index in [9.17, 15) is 21.2 Å². The lowest BCUT2D eigenvalue weighted by molar-refractivity contribution is 0.578. The molecule has 0 aliphatic rings. The van der Waals surface area contributed by atoms with Crippen LogP contribution in [0.1, 0.15) is 56.2 Å². The zero-order valence-electron chi connectivity index (χ0n) is 19.6. The first kappa shape index (κ1) is 26.0. The largest absolute Gasteiger partial charge is 0.264 e. The van der Waals surface area contributed by atoms with Crippen LogP contribution >= 0.6 is 0 Å². The second-order valence-corrected chi connectivity index (χ2v) is 12.4. The fourth-order valence-corrected chi connectivity index (χ4v) is 6.76. The van der Waals surface area contributed by atoms with Gasteiger partial charge in [-0.15, -0.1) is 0 Å². The molecule has 0 bridgehead atoms. The fourth-order valence-electron chi connectivity index (χ4n) is 3.66. The fraction of sp³-hybridized carbons (Fsp3) is 0.320. The van der Waals surface area contributed by atoms with Crippen LogP contribution in [-0.4, -0.2) is 28.4 Å². The average Bonchev–Trinajstić information content (AvgIpc) is 2.79. The Morgan fingerprint density at radius 3 is 2.06 bits per heavy atom. The number of hydrogen-bond acceptors (Lipinski definition) is 5. The molecule has 3 rings (SSSR count). The highest BCUT2D eigenvalue weighted by Gasteiger charge is 2.29. The minimum Gasteiger partial charge on any atom is -0.264 e. The van der Waals surface area contributed by atoms with E-state index in [0.717, 1.165) is 17.7 Å². The van der Waals surface area contributed by atoms with Crippen LogP contribution in [0, 0.1) is 5.82 Å². The van der Waals surface area contributed by atoms with E-state index >= 15 is 0 Å². The van der Waals surface area contributed by atoms with Crippen molar-refractivity contribution in [3.8, 4) is 0 Å². The molecular formula is C25H29FN2O4S2. The minimum atomic E-state index is -4.09. The van der Waals surface area contributed by atoms with Crippen molar-refractivity contribution in [3.63, 3.8) is 0 Å². The van der Waals surface area contributed by atoms with Crippen molar-refractivity contribution in [1.29, 1.82) is 0 Å². The summed E-state index contributed by atoms with van der Waals surface area (Å²) in [5.41, 5.74) is 1.93. The van der Waals surface area contributed by atoms with Gasteiger partial charge in [-0.1, -0.05) is 39.8 Å². The molecule has 2 aromatic carbocycles. The number of hydrogen-bond donors (Lipinski definition) is 1. The Morgan fingerprint density at radius 2 is 1.50 bits per heavy atom. The summed E-state index contributed by atoms with van der Waals surface area (Å²) < 4.78 is 69.6. The molecule has 0 radical (unpaired) electrons. The molecule has 34 heavy (non-hydrogen) atoms. The van der Waals surface area contributed by atoms with Crippen LogP contribution in [0.5, 0.6) is 0 Å². The lowest BCUT2D eigenvalue weighted by Gasteiger charge is -2.21. The Hall–Kier alpha value is -2.62. The maximum atomic E-state index is 13.5. The summed E-state index contributed by atoms with van der Waals surface area (Å²) in [5.74, 6) is -0.901. The van der Waals surface area contributed by atoms with E-state index in [0.29, 0.717) is 17.5 Å². The summed E-state index contributed by atoms with van der Waals surface area (Å²) in [6.45, 7) is 7.56. The smallest absolute Gasteiger partial charge is 0.240 e. The van der Waals surface area contributed by atoms with Crippen molar-refractivity contribution < 1.29 is 21.2 Å². The molecule has 1 heterocycles. The van der Waals surface area contributed by atoms with E-state index in [1.54, 1.807) is 24.5 Å². The van der Waals surface area contributed by atoms with Gasteiger partial charge in [-0.2, -0.15) is 0 Å². The molecule has 0 amide bonds. The summed E-state index contributed by atoms with van der Waals surface area (Å²) in [6, 6.07) is 11.1. The molecule has 0 aliphatic carbocycles. The van der Waals surface area contributed by atoms with Crippen molar-refractivity contribution in [2.45, 2.75) is 60.6 Å². The lowest BCUT2D eigenvalue weighted by Crippen LogP contribution is -2.27. The van der Waals surface area contributed by atoms with Crippen LogP contribution in [0.3, 0.4) is 0 Å². The summed E-state index contributed by atoms with van der Waals surface area (Å²) >= 11 is 0. The van der Waals surface area contributed by atoms with E-state index in [1.165, 1.54) is 18.2 Å². The number of sulfonamides is 1. The van der Waals surface area contributed by atoms with Gasteiger partial charge in [-0.05, 0) is 71.3 Å². The summed E-state index contributed by atoms with van der Waals surface area (Å²) in [4.78, 5) is 3.77. The Kier molecular flexibility index (Phi) is 7.90. The third kappa shape index (κ3) is 5.71. The highest BCUT2D eigenvalue weighted by molar-refractivity contribution is 7.91. The standard InChI is InChI=1S/C25H29FN2O4S2/c1-17(2)22-14-23(18(3)4)25(34(31,32)28-13-11-19-6-5-12-27-16-19)15-24(22)33(29,30)21-9-7-20(26)8-10-21/h5-10,12,14-18,28H,11,13H2,1-4H3. The van der Waals surface area contributed by atoms with Gasteiger partial charge in [0.05, 0.1) is 14.7 Å². The van der Waals surface area contributed by atoms with E-state index in [1.807, 2.05) is 33.8 Å². The summed E-state index contributed by atoms with van der Waals surface area (Å²) in [5, 5.41) is 0. The third-order valence-corrected chi connectivity index (χ3v) is 8.86. The van der Waals surface area contributed by atoms with Gasteiger partial charge in [-0.25, -0.2) is 25.9 Å². The zero-order chi connectivity index (χ0) is 25.1. The zero-order valence-corrected chi connectivity index (χ0v) is 21.3. The van der Waals surface area contributed by atoms with Gasteiger partial charge in [0.25, 0.3) is 0 Å². The van der Waals surface area contributed by atoms with Gasteiger partial charge in [0, 0.05) is 18.9 Å². The molecule has 0 atom stereocenters. The second-order valence-electron chi connectivity index (χ2n) is 8.70. The molecule has 0 saturated heterocycles. The van der Waals surface area contributed by atoms with Crippen molar-refractivity contribution in [2.75, 3.05) is 6.54 Å². The lowest BCUT2D eigenvalue weighted by atomic mass is 9.95. The normalized spacial score (nSPS) is 12.4. The maximum Gasteiger partial charge on any atom is 0.240 e. The number of aromatic nitrogens is 1. The van der Waals surface area contributed by atoms with Gasteiger partial charge >= 0.3 is 0 Å². The van der Waals surface area contributed by atoms with Crippen LogP contribution in [0.4, 0.5) is 4.39 Å². The van der Waals surface area contributed by atoms with Crippen LogP contribution in [0.25, 0.3) is 0 Å². The molecule has 0 fully saturated rings. The average molecular weight is 505 g/mol. The molecular weight excluding hydrogens is 475 g/mol. The van der Waals surface area contributed by atoms with Gasteiger partial charge in [0.15, 0.2) is 0 Å². The molecule has 6 nitrogen and oxygen atoms in total. The number of halogens is 1. The molecule has 1 N–H and O–H groups in total. The summed E-state index contributed by atoms with van der Waals surface area (Å²) in [6.07, 6.45) is 3.75. The second kappa shape index (κ2) is 10.3. The monoisotopic (exact) mass is 504 g/mol. The van der Waals surface area contributed by atoms with E-state index < -0.39 is 25.7 Å². The van der Waals surface area contributed by atoms with Crippen molar-refractivity contribution in [3.05, 3.63) is 83.4 Å². The van der Waals surface area contributed by atoms with Gasteiger partial charge in [0.1, 0.15) is 5.82 Å². The number of rotatable bonds is 9. The van der Waals surface area contributed by atoms with E-state index in [4.69, 9.17) is 0 Å². The molecule has 0 spiro atoms. The van der Waals surface area contributed by atoms with Crippen LogP contribution in [-0.2, 0) is 26.3 Å². The number of nitrogens with one attached hydrogen (secondary N) is 1. The topological polar surface area (TPSA) is 93.2 Å². The van der Waals surface area contributed by atoms with Gasteiger partial charge in [-0.3, -0.25) is 4.98 Å². The first-order valence-corrected chi connectivity index (χ1v) is 14.0. The Bertz CT molecular complexity index is 1350. The van der Waals surface area contributed by atoms with Crippen LogP contribution in [0.2, 0.25) is 0 Å². The number of benzene rings is 2. The van der Waals surface area contributed by atoms with E-state index in [2.05, 4.69) is 9.71 Å². The van der Waals surface area contributed by atoms with E-state index in [-0.39, 0.29) is 33.1 Å². The molecule has 0 unspecified atom stereocenters. The number of sulfone groups is 1. The number of pyridine rings is 1. The Balaban J connectivity index is 2.10. The first-order valence-electron chi connectivity index (χ1n) is 11.0. The highest BCUT2D eigenvalue weighted by Crippen LogP contribution is 2.35. The summed E-state index contributed by atoms with van der Waals surface area (Å²) in [7, 11) is -8.10. The highest BCUT2D eigenvalue weighted by atomic mass is 32.2. The minimum absolute atomic E-state index is 0.0706. The predicted molar refractivity (Wildman–Crippen MR) is 130 cm³/mol. The third-order valence-electron chi connectivity index (χ3n) is 5.52. The van der Waals surface area contributed by atoms with Crippen molar-refractivity contribution >= 4 is 19.9 Å². The van der Waals surface area contributed by atoms with Crippen LogP contribution in [0.15, 0.2) is 75.6 Å². The molecule has 1 aromatic heterocycles. The SMILES string of the molecule is CC(C)c1cc(C(C)C)c(S(=O)(=O)c2ccc(F)cc2)cc1S(=O)(=O)NCCc1cccnc1. The van der Waals surface area contributed by atoms with Gasteiger partial charge < -0.3 is 0 Å². The first-order chi connectivity index (χ1) is 15.9. The molecule has 0 aliphatic heterocycles. The Labute approximate surface area is 201 Å². The molecule has 182 valence electrons. The molecule has 3 aromatic rings. The quantitative estimate of drug-likeness (QED) is 0.422. The van der Waals surface area contributed by atoms with Gasteiger partial charge in [0.2, 0.25) is 19.9 Å². The van der Waals surface area contributed by atoms with Crippen molar-refractivity contribution in [1.82, 2.24) is 9.71 Å². The van der Waals surface area contributed by atoms with Crippen molar-refractivity contribution in [2.24, 2.45) is 0 Å². The molecule has 9 heteroatoms. The van der Waals surface area contributed by atoms with Crippen LogP contribution < -0.4 is 4.72 Å². The number of nitrogens with zero attached hydrogens (tertiary/aromatic N) is 1. The predicted octanol–water partition coefficient (Wildman–Crippen LogP) is 4.82. The molecule has 0 saturated carbocycles. The maximum absolute atomic E-state index is 13.5.